The Morgan fingerprint density at radius 2 is 1.50 bits per heavy atom. The molecular formula is C16H34MoO2PS2. The molecule has 0 aliphatic carbocycles. The minimum atomic E-state index is -2.89. The Kier molecular flexibility index (Phi) is 18.9. The van der Waals surface area contributed by atoms with E-state index < -0.39 is 5.69 Å². The molecule has 0 aromatic carbocycles. The molecule has 0 fully saturated rings. The Morgan fingerprint density at radius 1 is 1.00 bits per heavy atom. The summed E-state index contributed by atoms with van der Waals surface area (Å²) < 4.78 is 5.61. The van der Waals surface area contributed by atoms with E-state index in [0.29, 0.717) is 18.4 Å². The molecule has 0 amide bonds. The predicted molar refractivity (Wildman–Crippen MR) is 99.3 cm³/mol. The first-order chi connectivity index (χ1) is 9.99. The first-order valence-corrected chi connectivity index (χ1v) is 12.8. The summed E-state index contributed by atoms with van der Waals surface area (Å²) in [4.78, 5) is 12.4. The second-order valence-corrected chi connectivity index (χ2v) is 12.0. The van der Waals surface area contributed by atoms with Crippen molar-refractivity contribution < 1.29 is 30.5 Å². The summed E-state index contributed by atoms with van der Waals surface area (Å²) in [6, 6.07) is 0. The van der Waals surface area contributed by atoms with E-state index in [1.165, 1.54) is 43.5 Å². The maximum Gasteiger partial charge on any atom is 1.00 e. The molecule has 0 rings (SSSR count). The van der Waals surface area contributed by atoms with Gasteiger partial charge in [0.15, 0.2) is 0 Å². The topological polar surface area (TPSA) is 32.3 Å². The van der Waals surface area contributed by atoms with Crippen LogP contribution in [0.1, 0.15) is 79.1 Å². The van der Waals surface area contributed by atoms with Gasteiger partial charge in [-0.05, 0) is 24.7 Å². The van der Waals surface area contributed by atoms with Gasteiger partial charge in [0.2, 0.25) is 0 Å². The fourth-order valence-corrected chi connectivity index (χ4v) is 5.81. The van der Waals surface area contributed by atoms with Crippen LogP contribution in [-0.2, 0) is 37.4 Å². The summed E-state index contributed by atoms with van der Waals surface area (Å²) >= 11 is 6.58. The maximum atomic E-state index is 12.4. The molecule has 0 heterocycles. The number of hydrogen-bond donors (Lipinski definition) is 0. The molecule has 1 radical (unpaired) electrons. The van der Waals surface area contributed by atoms with Crippen molar-refractivity contribution in [3.8, 4) is 0 Å². The maximum absolute atomic E-state index is 12.4. The van der Waals surface area contributed by atoms with E-state index in [2.05, 4.69) is 27.7 Å². The van der Waals surface area contributed by atoms with Gasteiger partial charge in [-0.2, -0.15) is 0 Å². The average Bonchev–Trinajstić information content (AvgIpc) is 2.47. The quantitative estimate of drug-likeness (QED) is 0.250. The van der Waals surface area contributed by atoms with Crippen LogP contribution in [0.25, 0.3) is 0 Å². The van der Waals surface area contributed by atoms with E-state index in [1.807, 2.05) is 0 Å². The smallest absolute Gasteiger partial charge is 0.793 e. The molecule has 0 spiro atoms. The van der Waals surface area contributed by atoms with E-state index in [-0.39, 0.29) is 21.1 Å². The van der Waals surface area contributed by atoms with Crippen molar-refractivity contribution in [2.75, 3.05) is 12.4 Å². The third kappa shape index (κ3) is 14.0. The van der Waals surface area contributed by atoms with Crippen LogP contribution in [0.3, 0.4) is 0 Å². The third-order valence-electron chi connectivity index (χ3n) is 4.02. The van der Waals surface area contributed by atoms with Gasteiger partial charge in [-0.1, -0.05) is 78.0 Å². The molecule has 3 unspecified atom stereocenters. The minimum absolute atomic E-state index is 0. The summed E-state index contributed by atoms with van der Waals surface area (Å²) in [5.41, 5.74) is -2.89. The van der Waals surface area contributed by atoms with Crippen molar-refractivity contribution in [1.82, 2.24) is 0 Å². The fraction of sp³-hybridized carbons (Fsp3) is 1.00. The van der Waals surface area contributed by atoms with Gasteiger partial charge in [-0.3, -0.25) is 0 Å². The summed E-state index contributed by atoms with van der Waals surface area (Å²) in [6.45, 7) is 9.34. The number of rotatable bonds is 14. The van der Waals surface area contributed by atoms with E-state index in [9.17, 15) is 4.89 Å². The van der Waals surface area contributed by atoms with Gasteiger partial charge in [0, 0.05) is 11.4 Å². The minimum Gasteiger partial charge on any atom is -0.793 e. The molecule has 3 atom stereocenters. The van der Waals surface area contributed by atoms with Gasteiger partial charge in [0.1, 0.15) is 0 Å². The van der Waals surface area contributed by atoms with Crippen molar-refractivity contribution in [2.45, 2.75) is 79.1 Å². The number of unbranched alkanes of at least 4 members (excludes halogenated alkanes) is 2. The number of hydrogen-bond acceptors (Lipinski definition) is 4. The van der Waals surface area contributed by atoms with Crippen molar-refractivity contribution in [2.24, 2.45) is 11.8 Å². The average molecular weight is 449 g/mol. The van der Waals surface area contributed by atoms with Crippen LogP contribution in [0.15, 0.2) is 0 Å². The van der Waals surface area contributed by atoms with E-state index >= 15 is 0 Å². The van der Waals surface area contributed by atoms with Crippen LogP contribution in [-0.4, -0.2) is 12.4 Å². The van der Waals surface area contributed by atoms with Gasteiger partial charge < -0.3 is 9.42 Å². The van der Waals surface area contributed by atoms with Crippen molar-refractivity contribution >= 4 is 28.9 Å². The Labute approximate surface area is 162 Å². The van der Waals surface area contributed by atoms with Gasteiger partial charge >= 0.3 is 21.1 Å². The van der Waals surface area contributed by atoms with Crippen molar-refractivity contribution in [1.29, 1.82) is 0 Å². The summed E-state index contributed by atoms with van der Waals surface area (Å²) in [5, 5.41) is 0. The van der Waals surface area contributed by atoms with E-state index in [4.69, 9.17) is 16.3 Å². The third-order valence-corrected chi connectivity index (χ3v) is 8.40. The Morgan fingerprint density at radius 3 is 1.95 bits per heavy atom. The van der Waals surface area contributed by atoms with Crippen molar-refractivity contribution in [3.05, 3.63) is 0 Å². The Hall–Kier alpha value is 1.61. The molecule has 0 N–H and O–H groups in total. The molecule has 22 heavy (non-hydrogen) atoms. The van der Waals surface area contributed by atoms with Crippen LogP contribution >= 0.6 is 17.1 Å². The molecule has 0 aromatic heterocycles. The van der Waals surface area contributed by atoms with Gasteiger partial charge in [-0.25, -0.2) is 0 Å². The molecular weight excluding hydrogens is 415 g/mol. The van der Waals surface area contributed by atoms with Crippen LogP contribution in [0, 0.1) is 11.8 Å². The van der Waals surface area contributed by atoms with Gasteiger partial charge in [0.25, 0.3) is 0 Å². The molecule has 0 saturated heterocycles. The van der Waals surface area contributed by atoms with Crippen molar-refractivity contribution in [3.63, 3.8) is 0 Å². The summed E-state index contributed by atoms with van der Waals surface area (Å²) in [7, 11) is 0. The zero-order valence-electron chi connectivity index (χ0n) is 14.7. The molecule has 0 bridgehead atoms. The van der Waals surface area contributed by atoms with Gasteiger partial charge in [0.05, 0.1) is 6.61 Å². The standard InChI is InChI=1S/C16H35O2PS2.Mo/c1-5-9-11-15(7-3)13-18-19(17,20)21-14-16(8-4)12-10-6-2;/h15-16H,5-14H2,1-4H3,(H,17,20);/q;+1/p-1. The molecule has 0 aliphatic rings. The molecule has 0 aliphatic heterocycles. The van der Waals surface area contributed by atoms with Gasteiger partial charge in [-0.15, -0.1) is 11.4 Å². The Bertz CT molecular complexity index is 269. The van der Waals surface area contributed by atoms with Crippen LogP contribution in [0.5, 0.6) is 0 Å². The van der Waals surface area contributed by atoms with Crippen LogP contribution in [0.2, 0.25) is 0 Å². The largest absolute Gasteiger partial charge is 1.00 e. The summed E-state index contributed by atoms with van der Waals surface area (Å²) in [5.74, 6) is 2.00. The van der Waals surface area contributed by atoms with E-state index in [0.717, 1.165) is 25.0 Å². The van der Waals surface area contributed by atoms with E-state index in [1.54, 1.807) is 0 Å². The second-order valence-electron chi connectivity index (χ2n) is 5.87. The zero-order chi connectivity index (χ0) is 16.1. The Balaban J connectivity index is 0. The molecule has 0 saturated carbocycles. The SMILES string of the molecule is CCCCC(CC)COP([O-])(=S)SCC(CC)CCCC.[Mo+]. The summed E-state index contributed by atoms with van der Waals surface area (Å²) in [6.07, 6.45) is 9.46. The monoisotopic (exact) mass is 451 g/mol. The molecule has 2 nitrogen and oxygen atoms in total. The molecule has 6 heteroatoms. The zero-order valence-corrected chi connectivity index (χ0v) is 19.2. The molecule has 0 aromatic rings. The fourth-order valence-electron chi connectivity index (χ4n) is 2.23. The predicted octanol–water partition coefficient (Wildman–Crippen LogP) is 5.75. The van der Waals surface area contributed by atoms with Crippen LogP contribution < -0.4 is 4.89 Å². The first kappa shape index (κ1) is 25.8. The molecule has 133 valence electrons. The second kappa shape index (κ2) is 16.1. The van der Waals surface area contributed by atoms with Crippen LogP contribution in [0.4, 0.5) is 0 Å². The normalized spacial score (nSPS) is 16.6. The first-order valence-electron chi connectivity index (χ1n) is 8.59.